The van der Waals surface area contributed by atoms with E-state index in [-0.39, 0.29) is 12.5 Å². The summed E-state index contributed by atoms with van der Waals surface area (Å²) in [6.45, 7) is 2.12. The Bertz CT molecular complexity index is 600. The maximum atomic E-state index is 11.7. The monoisotopic (exact) mass is 328 g/mol. The van der Waals surface area contributed by atoms with Gasteiger partial charge in [-0.15, -0.1) is 0 Å². The van der Waals surface area contributed by atoms with Crippen molar-refractivity contribution in [3.63, 3.8) is 0 Å². The fraction of sp³-hybridized carbons (Fsp3) is 0.316. The smallest absolute Gasteiger partial charge is 0.238 e. The Labute approximate surface area is 143 Å². The van der Waals surface area contributed by atoms with E-state index in [9.17, 15) is 4.79 Å². The van der Waals surface area contributed by atoms with Gasteiger partial charge in [-0.3, -0.25) is 4.79 Å². The van der Waals surface area contributed by atoms with Gasteiger partial charge in [0.1, 0.15) is 5.75 Å². The highest BCUT2D eigenvalue weighted by molar-refractivity contribution is 5.92. The van der Waals surface area contributed by atoms with E-state index in [0.717, 1.165) is 17.9 Å². The third-order valence-electron chi connectivity index (χ3n) is 3.41. The second-order valence-electron chi connectivity index (χ2n) is 5.33. The molecular formula is C19H24N2O3. The number of ether oxygens (including phenoxy) is 2. The second-order valence-corrected chi connectivity index (χ2v) is 5.33. The van der Waals surface area contributed by atoms with Crippen LogP contribution in [0.1, 0.15) is 5.56 Å². The SMILES string of the molecule is COCCNCC(=O)Nc1ccc(OCCc2ccccc2)cc1. The van der Waals surface area contributed by atoms with Gasteiger partial charge in [-0.05, 0) is 29.8 Å². The van der Waals surface area contributed by atoms with Crippen LogP contribution in [0.5, 0.6) is 5.75 Å². The molecule has 0 aliphatic carbocycles. The van der Waals surface area contributed by atoms with Crippen LogP contribution in [0.25, 0.3) is 0 Å². The van der Waals surface area contributed by atoms with Gasteiger partial charge in [-0.1, -0.05) is 30.3 Å². The normalized spacial score (nSPS) is 10.4. The average molecular weight is 328 g/mol. The molecule has 128 valence electrons. The van der Waals surface area contributed by atoms with Crippen molar-refractivity contribution in [3.05, 3.63) is 60.2 Å². The van der Waals surface area contributed by atoms with Crippen LogP contribution in [0.4, 0.5) is 5.69 Å². The van der Waals surface area contributed by atoms with E-state index in [4.69, 9.17) is 9.47 Å². The highest BCUT2D eigenvalue weighted by Crippen LogP contribution is 2.16. The Morgan fingerprint density at radius 1 is 1.00 bits per heavy atom. The lowest BCUT2D eigenvalue weighted by Gasteiger charge is -2.09. The van der Waals surface area contributed by atoms with Crippen LogP contribution < -0.4 is 15.4 Å². The minimum absolute atomic E-state index is 0.0798. The number of benzene rings is 2. The van der Waals surface area contributed by atoms with Crippen molar-refractivity contribution in [1.29, 1.82) is 0 Å². The number of hydrogen-bond acceptors (Lipinski definition) is 4. The van der Waals surface area contributed by atoms with Gasteiger partial charge in [0.05, 0.1) is 19.8 Å². The predicted molar refractivity (Wildman–Crippen MR) is 95.5 cm³/mol. The molecule has 0 bridgehead atoms. The van der Waals surface area contributed by atoms with Crippen LogP contribution in [0.2, 0.25) is 0 Å². The molecule has 0 aromatic heterocycles. The molecule has 5 nitrogen and oxygen atoms in total. The van der Waals surface area contributed by atoms with Crippen molar-refractivity contribution in [2.45, 2.75) is 6.42 Å². The van der Waals surface area contributed by atoms with E-state index < -0.39 is 0 Å². The lowest BCUT2D eigenvalue weighted by atomic mass is 10.2. The van der Waals surface area contributed by atoms with Gasteiger partial charge in [-0.25, -0.2) is 0 Å². The maximum absolute atomic E-state index is 11.7. The maximum Gasteiger partial charge on any atom is 0.238 e. The first kappa shape index (κ1) is 18.0. The number of amides is 1. The molecule has 0 spiro atoms. The lowest BCUT2D eigenvalue weighted by Crippen LogP contribution is -2.30. The quantitative estimate of drug-likeness (QED) is 0.658. The molecule has 0 atom stereocenters. The van der Waals surface area contributed by atoms with Crippen molar-refractivity contribution in [2.24, 2.45) is 0 Å². The number of anilines is 1. The Balaban J connectivity index is 1.69. The molecule has 2 aromatic rings. The zero-order valence-corrected chi connectivity index (χ0v) is 14.0. The van der Waals surface area contributed by atoms with Gasteiger partial charge in [0.2, 0.25) is 5.91 Å². The number of hydrogen-bond donors (Lipinski definition) is 2. The molecule has 0 saturated heterocycles. The molecule has 0 radical (unpaired) electrons. The fourth-order valence-electron chi connectivity index (χ4n) is 2.15. The zero-order valence-electron chi connectivity index (χ0n) is 14.0. The standard InChI is InChI=1S/C19H24N2O3/c1-23-14-12-20-15-19(22)21-17-7-9-18(10-8-17)24-13-11-16-5-3-2-4-6-16/h2-10,20H,11-15H2,1H3,(H,21,22). The summed E-state index contributed by atoms with van der Waals surface area (Å²) >= 11 is 0. The van der Waals surface area contributed by atoms with E-state index in [2.05, 4.69) is 22.8 Å². The molecule has 1 amide bonds. The predicted octanol–water partition coefficient (Wildman–Crippen LogP) is 2.48. The lowest BCUT2D eigenvalue weighted by molar-refractivity contribution is -0.115. The Morgan fingerprint density at radius 3 is 2.46 bits per heavy atom. The van der Waals surface area contributed by atoms with Crippen LogP contribution in [-0.4, -0.2) is 39.3 Å². The van der Waals surface area contributed by atoms with Crippen LogP contribution in [0, 0.1) is 0 Å². The van der Waals surface area contributed by atoms with Crippen molar-refractivity contribution in [3.8, 4) is 5.75 Å². The minimum atomic E-state index is -0.0798. The van der Waals surface area contributed by atoms with Crippen LogP contribution >= 0.6 is 0 Å². The highest BCUT2D eigenvalue weighted by Gasteiger charge is 2.02. The van der Waals surface area contributed by atoms with E-state index in [1.165, 1.54) is 5.56 Å². The van der Waals surface area contributed by atoms with Crippen LogP contribution in [0.3, 0.4) is 0 Å². The summed E-state index contributed by atoms with van der Waals surface area (Å²) in [4.78, 5) is 11.7. The molecule has 5 heteroatoms. The topological polar surface area (TPSA) is 59.6 Å². The fourth-order valence-corrected chi connectivity index (χ4v) is 2.15. The van der Waals surface area contributed by atoms with Crippen molar-refractivity contribution >= 4 is 11.6 Å². The summed E-state index contributed by atoms with van der Waals surface area (Å²) in [6.07, 6.45) is 0.868. The number of carbonyl (C=O) groups is 1. The van der Waals surface area contributed by atoms with Gasteiger partial charge >= 0.3 is 0 Å². The van der Waals surface area contributed by atoms with E-state index in [0.29, 0.717) is 19.8 Å². The molecule has 2 N–H and O–H groups in total. The molecule has 0 saturated carbocycles. The Hall–Kier alpha value is -2.37. The van der Waals surface area contributed by atoms with Gasteiger partial charge in [0.15, 0.2) is 0 Å². The second kappa shape index (κ2) is 10.4. The van der Waals surface area contributed by atoms with E-state index in [1.54, 1.807) is 7.11 Å². The third kappa shape index (κ3) is 6.81. The molecule has 0 aliphatic rings. The van der Waals surface area contributed by atoms with Gasteiger partial charge < -0.3 is 20.1 Å². The summed E-state index contributed by atoms with van der Waals surface area (Å²) in [7, 11) is 1.63. The Morgan fingerprint density at radius 2 is 1.75 bits per heavy atom. The highest BCUT2D eigenvalue weighted by atomic mass is 16.5. The van der Waals surface area contributed by atoms with Crippen LogP contribution in [-0.2, 0) is 16.0 Å². The van der Waals surface area contributed by atoms with Crippen molar-refractivity contribution in [1.82, 2.24) is 5.32 Å². The molecular weight excluding hydrogens is 304 g/mol. The molecule has 24 heavy (non-hydrogen) atoms. The minimum Gasteiger partial charge on any atom is -0.493 e. The summed E-state index contributed by atoms with van der Waals surface area (Å²) in [5, 5.41) is 5.83. The van der Waals surface area contributed by atoms with Crippen molar-refractivity contribution in [2.75, 3.05) is 38.7 Å². The van der Waals surface area contributed by atoms with E-state index in [1.807, 2.05) is 42.5 Å². The van der Waals surface area contributed by atoms with Gasteiger partial charge in [0, 0.05) is 25.8 Å². The molecule has 0 unspecified atom stereocenters. The van der Waals surface area contributed by atoms with Gasteiger partial charge in [0.25, 0.3) is 0 Å². The summed E-state index contributed by atoms with van der Waals surface area (Å²) in [5.41, 5.74) is 2.01. The third-order valence-corrected chi connectivity index (χ3v) is 3.41. The number of methoxy groups -OCH3 is 1. The van der Waals surface area contributed by atoms with Crippen LogP contribution in [0.15, 0.2) is 54.6 Å². The molecule has 2 aromatic carbocycles. The molecule has 2 rings (SSSR count). The summed E-state index contributed by atoms with van der Waals surface area (Å²) in [6, 6.07) is 17.6. The first-order chi connectivity index (χ1) is 11.8. The van der Waals surface area contributed by atoms with Gasteiger partial charge in [-0.2, -0.15) is 0 Å². The Kier molecular flexibility index (Phi) is 7.80. The number of rotatable bonds is 10. The number of nitrogens with one attached hydrogen (secondary N) is 2. The first-order valence-electron chi connectivity index (χ1n) is 8.04. The summed E-state index contributed by atoms with van der Waals surface area (Å²) in [5.74, 6) is 0.714. The molecule has 0 aliphatic heterocycles. The van der Waals surface area contributed by atoms with E-state index >= 15 is 0 Å². The zero-order chi connectivity index (χ0) is 17.0. The summed E-state index contributed by atoms with van der Waals surface area (Å²) < 4.78 is 10.6. The van der Waals surface area contributed by atoms with Crippen molar-refractivity contribution < 1.29 is 14.3 Å². The average Bonchev–Trinajstić information content (AvgIpc) is 2.61. The molecule has 0 fully saturated rings. The number of carbonyl (C=O) groups excluding carboxylic acids is 1. The first-order valence-corrected chi connectivity index (χ1v) is 8.04. The largest absolute Gasteiger partial charge is 0.493 e. The molecule has 0 heterocycles.